The molecule has 0 saturated carbocycles. The molecule has 0 bridgehead atoms. The maximum absolute atomic E-state index is 12.2. The van der Waals surface area contributed by atoms with Crippen LogP contribution in [0.4, 0.5) is 0 Å². The van der Waals surface area contributed by atoms with E-state index < -0.39 is 23.5 Å². The van der Waals surface area contributed by atoms with Gasteiger partial charge in [-0.15, -0.1) is 0 Å². The van der Waals surface area contributed by atoms with Crippen molar-refractivity contribution in [2.45, 2.75) is 12.5 Å². The molecule has 0 aliphatic heterocycles. The first-order valence-corrected chi connectivity index (χ1v) is 8.73. The van der Waals surface area contributed by atoms with Crippen LogP contribution < -0.4 is 10.9 Å². The van der Waals surface area contributed by atoms with Crippen LogP contribution in [0, 0.1) is 0 Å². The predicted molar refractivity (Wildman–Crippen MR) is 94.4 cm³/mol. The number of amides is 1. The van der Waals surface area contributed by atoms with Gasteiger partial charge >= 0.3 is 5.97 Å². The number of carboxylic acid groups (broad SMARTS) is 1. The Balaban J connectivity index is 2.18. The fraction of sp³-hybridized carbons (Fsp3) is 0.235. The second kappa shape index (κ2) is 8.35. The Hall–Kier alpha value is -2.54. The molecule has 24 heavy (non-hydrogen) atoms. The summed E-state index contributed by atoms with van der Waals surface area (Å²) in [6.07, 6.45) is 2.15. The quantitative estimate of drug-likeness (QED) is 0.712. The number of aromatic nitrogens is 1. The van der Waals surface area contributed by atoms with Gasteiger partial charge in [0.1, 0.15) is 11.6 Å². The molecular formula is C17H18N2O4S. The molecule has 1 heterocycles. The highest BCUT2D eigenvalue weighted by atomic mass is 32.2. The average Bonchev–Trinajstić information content (AvgIpc) is 2.58. The van der Waals surface area contributed by atoms with Gasteiger partial charge in [-0.1, -0.05) is 30.3 Å². The lowest BCUT2D eigenvalue weighted by molar-refractivity contribution is -0.139. The first-order chi connectivity index (χ1) is 11.5. The predicted octanol–water partition coefficient (Wildman–Crippen LogP) is 1.98. The number of carboxylic acids is 1. The third kappa shape index (κ3) is 4.48. The van der Waals surface area contributed by atoms with Crippen molar-refractivity contribution in [3.8, 4) is 11.3 Å². The van der Waals surface area contributed by atoms with Crippen molar-refractivity contribution in [3.05, 3.63) is 58.4 Å². The molecule has 0 saturated heterocycles. The topological polar surface area (TPSA) is 99.3 Å². The fourth-order valence-corrected chi connectivity index (χ4v) is 2.64. The summed E-state index contributed by atoms with van der Waals surface area (Å²) in [6, 6.07) is 11.3. The van der Waals surface area contributed by atoms with Crippen LogP contribution in [0.5, 0.6) is 0 Å². The first kappa shape index (κ1) is 17.8. The van der Waals surface area contributed by atoms with E-state index in [0.717, 1.165) is 5.56 Å². The maximum Gasteiger partial charge on any atom is 0.326 e. The van der Waals surface area contributed by atoms with Gasteiger partial charge < -0.3 is 15.4 Å². The van der Waals surface area contributed by atoms with Gasteiger partial charge in [0.05, 0.1) is 0 Å². The number of aliphatic carboxylic acids is 1. The summed E-state index contributed by atoms with van der Waals surface area (Å²) in [5, 5.41) is 11.5. The third-order valence-electron chi connectivity index (χ3n) is 3.45. The number of H-pyrrole nitrogens is 1. The van der Waals surface area contributed by atoms with E-state index in [-0.39, 0.29) is 5.56 Å². The van der Waals surface area contributed by atoms with E-state index in [1.54, 1.807) is 6.07 Å². The van der Waals surface area contributed by atoms with Crippen molar-refractivity contribution >= 4 is 23.6 Å². The Kier molecular flexibility index (Phi) is 6.20. The monoisotopic (exact) mass is 346 g/mol. The molecule has 0 aliphatic carbocycles. The first-order valence-electron chi connectivity index (χ1n) is 7.34. The summed E-state index contributed by atoms with van der Waals surface area (Å²) in [4.78, 5) is 38.2. The summed E-state index contributed by atoms with van der Waals surface area (Å²) in [5.41, 5.74) is 0.757. The van der Waals surface area contributed by atoms with Crippen molar-refractivity contribution in [2.75, 3.05) is 12.0 Å². The van der Waals surface area contributed by atoms with Gasteiger partial charge in [-0.3, -0.25) is 9.59 Å². The molecule has 1 aromatic heterocycles. The number of hydrogen-bond donors (Lipinski definition) is 3. The highest BCUT2D eigenvalue weighted by Crippen LogP contribution is 2.14. The number of pyridine rings is 1. The minimum absolute atomic E-state index is 0.106. The molecule has 0 radical (unpaired) electrons. The van der Waals surface area contributed by atoms with Gasteiger partial charge in [-0.05, 0) is 36.1 Å². The number of thioether (sulfide) groups is 1. The smallest absolute Gasteiger partial charge is 0.326 e. The number of carbonyl (C=O) groups excluding carboxylic acids is 1. The molecule has 0 spiro atoms. The largest absolute Gasteiger partial charge is 0.480 e. The molecular weight excluding hydrogens is 328 g/mol. The third-order valence-corrected chi connectivity index (χ3v) is 4.10. The zero-order chi connectivity index (χ0) is 17.5. The zero-order valence-corrected chi connectivity index (χ0v) is 13.9. The van der Waals surface area contributed by atoms with Gasteiger partial charge in [-0.25, -0.2) is 4.79 Å². The van der Waals surface area contributed by atoms with E-state index in [1.807, 2.05) is 36.6 Å². The standard InChI is InChI=1S/C17H18N2O4S/c1-24-10-9-14(17(22)23)19-16(21)12-7-8-13(18-15(12)20)11-5-3-2-4-6-11/h2-8,14H,9-10H2,1H3,(H,18,20)(H,19,21)(H,22,23)/t14-/m0/s1. The molecule has 6 nitrogen and oxygen atoms in total. The molecule has 1 aromatic carbocycles. The van der Waals surface area contributed by atoms with E-state index in [1.165, 1.54) is 17.8 Å². The summed E-state index contributed by atoms with van der Waals surface area (Å²) in [7, 11) is 0. The maximum atomic E-state index is 12.2. The molecule has 0 unspecified atom stereocenters. The van der Waals surface area contributed by atoms with E-state index in [9.17, 15) is 14.4 Å². The van der Waals surface area contributed by atoms with E-state index in [4.69, 9.17) is 5.11 Å². The van der Waals surface area contributed by atoms with Crippen molar-refractivity contribution in [2.24, 2.45) is 0 Å². The van der Waals surface area contributed by atoms with Crippen molar-refractivity contribution < 1.29 is 14.7 Å². The van der Waals surface area contributed by atoms with Crippen LogP contribution in [0.3, 0.4) is 0 Å². The molecule has 1 amide bonds. The normalized spacial score (nSPS) is 11.7. The van der Waals surface area contributed by atoms with Gasteiger partial charge in [0, 0.05) is 5.69 Å². The van der Waals surface area contributed by atoms with E-state index >= 15 is 0 Å². The summed E-state index contributed by atoms with van der Waals surface area (Å²) in [6.45, 7) is 0. The van der Waals surface area contributed by atoms with Gasteiger partial charge in [0.2, 0.25) is 0 Å². The summed E-state index contributed by atoms with van der Waals surface area (Å²) >= 11 is 1.49. The second-order valence-corrected chi connectivity index (χ2v) is 6.11. The lowest BCUT2D eigenvalue weighted by Crippen LogP contribution is -2.42. The summed E-state index contributed by atoms with van der Waals surface area (Å²) in [5.74, 6) is -1.21. The number of rotatable bonds is 7. The molecule has 0 aliphatic rings. The van der Waals surface area contributed by atoms with E-state index in [0.29, 0.717) is 17.9 Å². The average molecular weight is 346 g/mol. The van der Waals surface area contributed by atoms with Crippen LogP contribution in [0.25, 0.3) is 11.3 Å². The minimum Gasteiger partial charge on any atom is -0.480 e. The van der Waals surface area contributed by atoms with Crippen molar-refractivity contribution in [1.29, 1.82) is 0 Å². The Labute approximate surface area is 143 Å². The number of carbonyl (C=O) groups is 2. The Morgan fingerprint density at radius 3 is 2.50 bits per heavy atom. The molecule has 126 valence electrons. The number of hydrogen-bond acceptors (Lipinski definition) is 4. The summed E-state index contributed by atoms with van der Waals surface area (Å²) < 4.78 is 0. The fourth-order valence-electron chi connectivity index (χ4n) is 2.17. The SMILES string of the molecule is CSCC[C@H](NC(=O)c1ccc(-c2ccccc2)[nH]c1=O)C(=O)O. The van der Waals surface area contributed by atoms with Crippen LogP contribution in [0.15, 0.2) is 47.3 Å². The van der Waals surface area contributed by atoms with Crippen molar-refractivity contribution in [1.82, 2.24) is 10.3 Å². The lowest BCUT2D eigenvalue weighted by atomic mass is 10.1. The highest BCUT2D eigenvalue weighted by Gasteiger charge is 2.21. The molecule has 0 fully saturated rings. The Bertz CT molecular complexity index is 774. The number of benzene rings is 1. The van der Waals surface area contributed by atoms with Crippen LogP contribution >= 0.6 is 11.8 Å². The zero-order valence-electron chi connectivity index (χ0n) is 13.1. The highest BCUT2D eigenvalue weighted by molar-refractivity contribution is 7.98. The second-order valence-electron chi connectivity index (χ2n) is 5.13. The van der Waals surface area contributed by atoms with Gasteiger partial charge in [0.15, 0.2) is 0 Å². The Morgan fingerprint density at radius 2 is 1.92 bits per heavy atom. The minimum atomic E-state index is -1.12. The molecule has 7 heteroatoms. The van der Waals surface area contributed by atoms with E-state index in [2.05, 4.69) is 10.3 Å². The van der Waals surface area contributed by atoms with Crippen LogP contribution in [-0.4, -0.2) is 40.0 Å². The molecule has 2 rings (SSSR count). The van der Waals surface area contributed by atoms with Crippen LogP contribution in [0.2, 0.25) is 0 Å². The lowest BCUT2D eigenvalue weighted by Gasteiger charge is -2.13. The molecule has 3 N–H and O–H groups in total. The number of aromatic amines is 1. The molecule has 2 aromatic rings. The van der Waals surface area contributed by atoms with Gasteiger partial charge in [0.25, 0.3) is 11.5 Å². The van der Waals surface area contributed by atoms with Crippen LogP contribution in [-0.2, 0) is 4.79 Å². The van der Waals surface area contributed by atoms with Gasteiger partial charge in [-0.2, -0.15) is 11.8 Å². The molecule has 1 atom stereocenters. The van der Waals surface area contributed by atoms with Crippen molar-refractivity contribution in [3.63, 3.8) is 0 Å². The Morgan fingerprint density at radius 1 is 1.21 bits per heavy atom. The van der Waals surface area contributed by atoms with Crippen LogP contribution in [0.1, 0.15) is 16.8 Å². The number of nitrogens with one attached hydrogen (secondary N) is 2.